The Morgan fingerprint density at radius 3 is 1.70 bits per heavy atom. The van der Waals surface area contributed by atoms with E-state index in [2.05, 4.69) is 77.4 Å². The van der Waals surface area contributed by atoms with Crippen LogP contribution in [0, 0.1) is 0 Å². The summed E-state index contributed by atoms with van der Waals surface area (Å²) >= 11 is 0. The zero-order valence-corrected chi connectivity index (χ0v) is 19.2. The van der Waals surface area contributed by atoms with Crippen LogP contribution in [0.4, 0.5) is 0 Å². The Morgan fingerprint density at radius 1 is 0.818 bits per heavy atom. The molecule has 0 fully saturated rings. The highest BCUT2D eigenvalue weighted by molar-refractivity contribution is 5.96. The minimum Gasteiger partial charge on any atom is -0.463 e. The molecule has 0 unspecified atom stereocenters. The molecule has 0 bridgehead atoms. The molecule has 166 valence electrons. The van der Waals surface area contributed by atoms with Crippen LogP contribution in [0.25, 0.3) is 5.57 Å². The van der Waals surface area contributed by atoms with Crippen LogP contribution in [-0.4, -0.2) is 22.1 Å². The SMILES string of the molecule is CCOC(=O)/C(C)=C(\C)c1cn(C(c2ccccc2)(c2ccccc2)c2ccccc2)cn1. The molecule has 4 nitrogen and oxygen atoms in total. The molecule has 0 atom stereocenters. The Balaban J connectivity index is 1.98. The number of rotatable bonds is 7. The van der Waals surface area contributed by atoms with Gasteiger partial charge < -0.3 is 9.30 Å². The van der Waals surface area contributed by atoms with Gasteiger partial charge in [-0.3, -0.25) is 0 Å². The Kier molecular flexibility index (Phi) is 6.55. The van der Waals surface area contributed by atoms with E-state index in [1.54, 1.807) is 6.92 Å². The summed E-state index contributed by atoms with van der Waals surface area (Å²) in [5, 5.41) is 0. The number of ether oxygens (including phenoxy) is 1. The van der Waals surface area contributed by atoms with Gasteiger partial charge in [0.25, 0.3) is 0 Å². The van der Waals surface area contributed by atoms with E-state index >= 15 is 0 Å². The summed E-state index contributed by atoms with van der Waals surface area (Å²) in [4.78, 5) is 17.0. The van der Waals surface area contributed by atoms with Gasteiger partial charge in [0.05, 0.1) is 18.6 Å². The molecule has 33 heavy (non-hydrogen) atoms. The first kappa shape index (κ1) is 22.3. The molecule has 0 spiro atoms. The van der Waals surface area contributed by atoms with E-state index in [1.165, 1.54) is 0 Å². The van der Waals surface area contributed by atoms with Gasteiger partial charge >= 0.3 is 5.97 Å². The molecule has 1 aromatic heterocycles. The number of carbonyl (C=O) groups excluding carboxylic acids is 1. The molecule has 0 radical (unpaired) electrons. The number of benzene rings is 3. The highest BCUT2D eigenvalue weighted by Crippen LogP contribution is 2.41. The molecule has 4 heteroatoms. The lowest BCUT2D eigenvalue weighted by Crippen LogP contribution is -2.36. The smallest absolute Gasteiger partial charge is 0.334 e. The summed E-state index contributed by atoms with van der Waals surface area (Å²) in [5.74, 6) is -0.315. The number of esters is 1. The van der Waals surface area contributed by atoms with Gasteiger partial charge in [-0.25, -0.2) is 9.78 Å². The van der Waals surface area contributed by atoms with Crippen molar-refractivity contribution in [3.63, 3.8) is 0 Å². The van der Waals surface area contributed by atoms with Gasteiger partial charge in [-0.05, 0) is 43.0 Å². The van der Waals surface area contributed by atoms with Crippen molar-refractivity contribution in [1.82, 2.24) is 9.55 Å². The van der Waals surface area contributed by atoms with E-state index < -0.39 is 5.54 Å². The van der Waals surface area contributed by atoms with E-state index in [9.17, 15) is 4.79 Å². The number of hydrogen-bond acceptors (Lipinski definition) is 3. The minimum absolute atomic E-state index is 0.315. The third kappa shape index (κ3) is 4.12. The second-order valence-electron chi connectivity index (χ2n) is 7.95. The van der Waals surface area contributed by atoms with Crippen molar-refractivity contribution in [3.05, 3.63) is 131 Å². The third-order valence-electron chi connectivity index (χ3n) is 6.07. The van der Waals surface area contributed by atoms with Crippen molar-refractivity contribution >= 4 is 11.5 Å². The number of allylic oxidation sites excluding steroid dienone is 1. The molecular formula is C29H28N2O2. The summed E-state index contributed by atoms with van der Waals surface area (Å²) in [6, 6.07) is 31.3. The van der Waals surface area contributed by atoms with Gasteiger partial charge in [0, 0.05) is 11.8 Å². The summed E-state index contributed by atoms with van der Waals surface area (Å²) in [6.45, 7) is 5.85. The first-order valence-electron chi connectivity index (χ1n) is 11.1. The molecule has 0 saturated carbocycles. The molecule has 0 aliphatic rings. The maximum atomic E-state index is 12.3. The van der Waals surface area contributed by atoms with Gasteiger partial charge in [0.2, 0.25) is 0 Å². The van der Waals surface area contributed by atoms with Gasteiger partial charge in [0.1, 0.15) is 5.54 Å². The van der Waals surface area contributed by atoms with E-state index in [0.717, 1.165) is 28.0 Å². The largest absolute Gasteiger partial charge is 0.463 e. The molecular weight excluding hydrogens is 408 g/mol. The topological polar surface area (TPSA) is 44.1 Å². The maximum absolute atomic E-state index is 12.3. The second kappa shape index (κ2) is 9.70. The number of hydrogen-bond donors (Lipinski definition) is 0. The predicted molar refractivity (Wildman–Crippen MR) is 132 cm³/mol. The van der Waals surface area contributed by atoms with Crippen LogP contribution < -0.4 is 0 Å². The Morgan fingerprint density at radius 2 is 1.27 bits per heavy atom. The second-order valence-corrected chi connectivity index (χ2v) is 7.95. The predicted octanol–water partition coefficient (Wildman–Crippen LogP) is 6.08. The molecule has 3 aromatic carbocycles. The van der Waals surface area contributed by atoms with Gasteiger partial charge in [-0.2, -0.15) is 0 Å². The van der Waals surface area contributed by atoms with Crippen LogP contribution in [0.1, 0.15) is 43.2 Å². The zero-order chi connectivity index (χ0) is 23.3. The number of imidazole rings is 1. The molecule has 4 aromatic rings. The Hall–Kier alpha value is -3.92. The van der Waals surface area contributed by atoms with Crippen LogP contribution in [0.5, 0.6) is 0 Å². The standard InChI is InChI=1S/C29H28N2O2/c1-4-33-28(32)23(3)22(2)27-20-31(21-30-27)29(24-14-8-5-9-15-24,25-16-10-6-11-17-25)26-18-12-7-13-19-26/h5-21H,4H2,1-3H3/b23-22+. The number of carbonyl (C=O) groups is 1. The van der Waals surface area contributed by atoms with E-state index in [1.807, 2.05) is 44.6 Å². The molecule has 0 N–H and O–H groups in total. The lowest BCUT2D eigenvalue weighted by atomic mass is 9.77. The van der Waals surface area contributed by atoms with E-state index in [-0.39, 0.29) is 5.97 Å². The first-order valence-corrected chi connectivity index (χ1v) is 11.1. The summed E-state index contributed by atoms with van der Waals surface area (Å²) < 4.78 is 7.34. The van der Waals surface area contributed by atoms with Crippen LogP contribution >= 0.6 is 0 Å². The summed E-state index contributed by atoms with van der Waals surface area (Å²) in [7, 11) is 0. The number of nitrogens with zero attached hydrogens (tertiary/aromatic N) is 2. The summed E-state index contributed by atoms with van der Waals surface area (Å²) in [5.41, 5.74) is 4.84. The monoisotopic (exact) mass is 436 g/mol. The van der Waals surface area contributed by atoms with Crippen molar-refractivity contribution < 1.29 is 9.53 Å². The van der Waals surface area contributed by atoms with E-state index in [4.69, 9.17) is 9.72 Å². The Bertz CT molecular complexity index is 1150. The first-order chi connectivity index (χ1) is 16.1. The van der Waals surface area contributed by atoms with Gasteiger partial charge in [0.15, 0.2) is 0 Å². The third-order valence-corrected chi connectivity index (χ3v) is 6.07. The average Bonchev–Trinajstić information content (AvgIpc) is 3.36. The molecule has 0 saturated heterocycles. The number of aromatic nitrogens is 2. The van der Waals surface area contributed by atoms with Gasteiger partial charge in [-0.15, -0.1) is 0 Å². The summed E-state index contributed by atoms with van der Waals surface area (Å²) in [6.07, 6.45) is 3.87. The molecule has 0 aliphatic heterocycles. The van der Waals surface area contributed by atoms with Crippen molar-refractivity contribution in [2.45, 2.75) is 26.3 Å². The maximum Gasteiger partial charge on any atom is 0.334 e. The minimum atomic E-state index is -0.632. The fourth-order valence-corrected chi connectivity index (χ4v) is 4.27. The molecule has 0 aliphatic carbocycles. The fourth-order valence-electron chi connectivity index (χ4n) is 4.27. The fraction of sp³-hybridized carbons (Fsp3) is 0.172. The van der Waals surface area contributed by atoms with Crippen LogP contribution in [0.2, 0.25) is 0 Å². The molecule has 1 heterocycles. The molecule has 0 amide bonds. The highest BCUT2D eigenvalue weighted by atomic mass is 16.5. The zero-order valence-electron chi connectivity index (χ0n) is 19.2. The quantitative estimate of drug-likeness (QED) is 0.200. The normalized spacial score (nSPS) is 12.2. The molecule has 4 rings (SSSR count). The lowest BCUT2D eigenvalue weighted by Gasteiger charge is -2.37. The van der Waals surface area contributed by atoms with E-state index in [0.29, 0.717) is 12.2 Å². The van der Waals surface area contributed by atoms with Crippen molar-refractivity contribution in [3.8, 4) is 0 Å². The van der Waals surface area contributed by atoms with Crippen LogP contribution in [0.3, 0.4) is 0 Å². The van der Waals surface area contributed by atoms with Crippen molar-refractivity contribution in [1.29, 1.82) is 0 Å². The average molecular weight is 437 g/mol. The van der Waals surface area contributed by atoms with Crippen molar-refractivity contribution in [2.75, 3.05) is 6.61 Å². The van der Waals surface area contributed by atoms with Crippen LogP contribution in [-0.2, 0) is 15.1 Å². The van der Waals surface area contributed by atoms with Crippen molar-refractivity contribution in [2.24, 2.45) is 0 Å². The highest BCUT2D eigenvalue weighted by Gasteiger charge is 2.38. The lowest BCUT2D eigenvalue weighted by molar-refractivity contribution is -0.138. The van der Waals surface area contributed by atoms with Gasteiger partial charge in [-0.1, -0.05) is 91.0 Å². The Labute approximate surface area is 195 Å². The van der Waals surface area contributed by atoms with Crippen LogP contribution in [0.15, 0.2) is 109 Å².